The zero-order valence-electron chi connectivity index (χ0n) is 28.8. The minimum Gasteiger partial charge on any atom is -0.508 e. The number of hydrogen-bond acceptors (Lipinski definition) is 4. The minimum absolute atomic E-state index is 0.0186. The molecule has 0 saturated carbocycles. The summed E-state index contributed by atoms with van der Waals surface area (Å²) in [7, 11) is -4.14. The summed E-state index contributed by atoms with van der Waals surface area (Å²) in [6, 6.07) is 61.6. The van der Waals surface area contributed by atoms with Gasteiger partial charge in [-0.2, -0.15) is 0 Å². The van der Waals surface area contributed by atoms with Crippen LogP contribution in [-0.2, 0) is 0 Å². The van der Waals surface area contributed by atoms with Gasteiger partial charge in [-0.3, -0.25) is 0 Å². The molecule has 0 heterocycles. The highest BCUT2D eigenvalue weighted by atomic mass is 28.3. The van der Waals surface area contributed by atoms with Crippen LogP contribution < -0.4 is 20.7 Å². The number of aromatic hydroxyl groups is 4. The third-order valence-corrected chi connectivity index (χ3v) is 14.9. The topological polar surface area (TPSA) is 80.9 Å². The Kier molecular flexibility index (Phi) is 8.84. The number of benzene rings is 8. The second kappa shape index (κ2) is 14.1. The summed E-state index contributed by atoms with van der Waals surface area (Å²) in [6.07, 6.45) is 0. The van der Waals surface area contributed by atoms with Gasteiger partial charge in [-0.1, -0.05) is 170 Å². The summed E-state index contributed by atoms with van der Waals surface area (Å²) in [5.41, 5.74) is 7.09. The largest absolute Gasteiger partial charge is 0.508 e. The Labute approximate surface area is 309 Å². The molecular formula is C48H36O4Si. The van der Waals surface area contributed by atoms with Crippen molar-refractivity contribution in [2.75, 3.05) is 0 Å². The first-order chi connectivity index (χ1) is 25.9. The maximum absolute atomic E-state index is 12.2. The third kappa shape index (κ3) is 6.13. The second-order valence-electron chi connectivity index (χ2n) is 13.1. The Morgan fingerprint density at radius 2 is 0.434 bits per heavy atom. The average molecular weight is 705 g/mol. The van der Waals surface area contributed by atoms with Gasteiger partial charge in [-0.25, -0.2) is 0 Å². The van der Waals surface area contributed by atoms with Gasteiger partial charge in [-0.05, 0) is 89.5 Å². The predicted octanol–water partition coefficient (Wildman–Crippen LogP) is 8.55. The maximum Gasteiger partial charge on any atom is 0.196 e. The lowest BCUT2D eigenvalue weighted by molar-refractivity contribution is 0.476. The zero-order chi connectivity index (χ0) is 36.4. The molecule has 0 radical (unpaired) electrons. The van der Waals surface area contributed by atoms with E-state index in [0.29, 0.717) is 20.7 Å². The van der Waals surface area contributed by atoms with Gasteiger partial charge < -0.3 is 20.4 Å². The summed E-state index contributed by atoms with van der Waals surface area (Å²) >= 11 is 0. The summed E-state index contributed by atoms with van der Waals surface area (Å²) in [6.45, 7) is 0. The normalized spacial score (nSPS) is 11.3. The van der Waals surface area contributed by atoms with Crippen LogP contribution in [0.3, 0.4) is 0 Å². The highest BCUT2D eigenvalue weighted by molar-refractivity contribution is 7.21. The van der Waals surface area contributed by atoms with Crippen LogP contribution >= 0.6 is 0 Å². The highest BCUT2D eigenvalue weighted by Gasteiger charge is 2.49. The minimum atomic E-state index is -4.14. The lowest BCUT2D eigenvalue weighted by atomic mass is 10.1. The number of phenols is 4. The number of hydrogen-bond donors (Lipinski definition) is 4. The van der Waals surface area contributed by atoms with E-state index in [2.05, 4.69) is 0 Å². The van der Waals surface area contributed by atoms with E-state index in [1.807, 2.05) is 170 Å². The predicted molar refractivity (Wildman–Crippen MR) is 218 cm³/mol. The number of phenolic OH excluding ortho intramolecular Hbond substituents is 4. The van der Waals surface area contributed by atoms with Gasteiger partial charge in [0.25, 0.3) is 0 Å². The fourth-order valence-electron chi connectivity index (χ4n) is 7.46. The van der Waals surface area contributed by atoms with Crippen LogP contribution in [0.1, 0.15) is 0 Å². The molecule has 0 amide bonds. The van der Waals surface area contributed by atoms with E-state index in [0.717, 1.165) is 44.5 Å². The molecule has 0 atom stereocenters. The monoisotopic (exact) mass is 704 g/mol. The first-order valence-corrected chi connectivity index (χ1v) is 19.5. The third-order valence-electron chi connectivity index (χ3n) is 10.0. The molecule has 0 aromatic heterocycles. The van der Waals surface area contributed by atoms with Crippen LogP contribution in [0.25, 0.3) is 44.5 Å². The molecule has 0 aliphatic carbocycles. The van der Waals surface area contributed by atoms with Gasteiger partial charge in [0.1, 0.15) is 23.0 Å². The van der Waals surface area contributed by atoms with E-state index in [-0.39, 0.29) is 23.0 Å². The molecule has 8 aromatic rings. The molecule has 8 rings (SSSR count). The summed E-state index contributed by atoms with van der Waals surface area (Å²) in [4.78, 5) is 0. The Morgan fingerprint density at radius 1 is 0.226 bits per heavy atom. The van der Waals surface area contributed by atoms with Crippen molar-refractivity contribution in [3.05, 3.63) is 194 Å². The molecule has 5 heteroatoms. The molecule has 0 spiro atoms. The highest BCUT2D eigenvalue weighted by Crippen LogP contribution is 2.33. The first-order valence-electron chi connectivity index (χ1n) is 17.5. The van der Waals surface area contributed by atoms with Crippen LogP contribution in [0.5, 0.6) is 23.0 Å². The van der Waals surface area contributed by atoms with Gasteiger partial charge in [0.15, 0.2) is 8.07 Å². The lowest BCUT2D eigenvalue weighted by Crippen LogP contribution is -2.75. The SMILES string of the molecule is Oc1ccc(-c2ccccc2)cc1[Si](c1cc(-c2ccccc2)ccc1O)(c1cc(-c2ccccc2)ccc1O)c1cc(-c2ccccc2)ccc1O. The molecule has 8 aromatic carbocycles. The molecule has 0 fully saturated rings. The van der Waals surface area contributed by atoms with Crippen molar-refractivity contribution in [2.24, 2.45) is 0 Å². The molecule has 256 valence electrons. The van der Waals surface area contributed by atoms with Gasteiger partial charge in [-0.15, -0.1) is 0 Å². The van der Waals surface area contributed by atoms with Crippen LogP contribution in [0, 0.1) is 0 Å². The van der Waals surface area contributed by atoms with Crippen molar-refractivity contribution >= 4 is 28.8 Å². The molecule has 53 heavy (non-hydrogen) atoms. The Hall–Kier alpha value is -6.82. The van der Waals surface area contributed by atoms with E-state index in [4.69, 9.17) is 0 Å². The smallest absolute Gasteiger partial charge is 0.196 e. The Bertz CT molecular complexity index is 2180. The number of rotatable bonds is 8. The molecule has 0 aliphatic heterocycles. The van der Waals surface area contributed by atoms with Crippen molar-refractivity contribution in [3.8, 4) is 67.5 Å². The van der Waals surface area contributed by atoms with Crippen LogP contribution in [-0.4, -0.2) is 28.5 Å². The fraction of sp³-hybridized carbons (Fsp3) is 0. The standard InChI is InChI=1S/C48H36O4Si/c49-41-25-21-37(33-13-5-1-6-14-33)29-45(41)53(46-30-38(22-26-42(46)50)34-15-7-2-8-16-34,47-31-39(23-27-43(47)51)35-17-9-3-10-18-35)48-32-40(24-28-44(48)52)36-19-11-4-12-20-36/h1-32,49-52H. The van der Waals surface area contributed by atoms with Crippen molar-refractivity contribution in [3.63, 3.8) is 0 Å². The second-order valence-corrected chi connectivity index (χ2v) is 16.8. The first kappa shape index (κ1) is 33.3. The quantitative estimate of drug-likeness (QED) is 0.0945. The van der Waals surface area contributed by atoms with Gasteiger partial charge >= 0.3 is 0 Å². The molecular weight excluding hydrogens is 669 g/mol. The molecule has 0 bridgehead atoms. The van der Waals surface area contributed by atoms with E-state index in [1.165, 1.54) is 0 Å². The lowest BCUT2D eigenvalue weighted by Gasteiger charge is -2.37. The van der Waals surface area contributed by atoms with E-state index in [9.17, 15) is 20.4 Å². The Balaban J connectivity index is 1.57. The van der Waals surface area contributed by atoms with Crippen molar-refractivity contribution in [1.82, 2.24) is 0 Å². The van der Waals surface area contributed by atoms with Gasteiger partial charge in [0.2, 0.25) is 0 Å². The molecule has 0 aliphatic rings. The van der Waals surface area contributed by atoms with E-state index >= 15 is 0 Å². The van der Waals surface area contributed by atoms with Crippen molar-refractivity contribution < 1.29 is 20.4 Å². The summed E-state index contributed by atoms with van der Waals surface area (Å²) < 4.78 is 0. The average Bonchev–Trinajstić information content (AvgIpc) is 3.21. The zero-order valence-corrected chi connectivity index (χ0v) is 29.8. The summed E-state index contributed by atoms with van der Waals surface area (Å²) in [5, 5.41) is 50.9. The maximum atomic E-state index is 12.2. The van der Waals surface area contributed by atoms with Gasteiger partial charge in [0.05, 0.1) is 0 Å². The van der Waals surface area contributed by atoms with Crippen molar-refractivity contribution in [1.29, 1.82) is 0 Å². The van der Waals surface area contributed by atoms with E-state index < -0.39 is 8.07 Å². The van der Waals surface area contributed by atoms with E-state index in [1.54, 1.807) is 24.3 Å². The summed E-state index contributed by atoms with van der Waals surface area (Å²) in [5.74, 6) is -0.0745. The molecule has 4 nitrogen and oxygen atoms in total. The van der Waals surface area contributed by atoms with Crippen molar-refractivity contribution in [2.45, 2.75) is 0 Å². The molecule has 0 saturated heterocycles. The fourth-order valence-corrected chi connectivity index (χ4v) is 12.6. The molecule has 4 N–H and O–H groups in total. The van der Waals surface area contributed by atoms with Crippen LogP contribution in [0.15, 0.2) is 194 Å². The Morgan fingerprint density at radius 3 is 0.642 bits per heavy atom. The van der Waals surface area contributed by atoms with Crippen LogP contribution in [0.4, 0.5) is 0 Å². The van der Waals surface area contributed by atoms with Gasteiger partial charge in [0, 0.05) is 0 Å². The van der Waals surface area contributed by atoms with Crippen LogP contribution in [0.2, 0.25) is 0 Å². The molecule has 0 unspecified atom stereocenters.